The maximum atomic E-state index is 11.9. The first kappa shape index (κ1) is 14.0. The summed E-state index contributed by atoms with van der Waals surface area (Å²) in [5.41, 5.74) is 7.66. The topological polar surface area (TPSA) is 75.4 Å². The first-order valence-corrected chi connectivity index (χ1v) is 6.71. The van der Waals surface area contributed by atoms with Crippen LogP contribution in [0.1, 0.15) is 43.9 Å². The van der Waals surface area contributed by atoms with Gasteiger partial charge >= 0.3 is 0 Å². The van der Waals surface area contributed by atoms with E-state index in [0.717, 1.165) is 11.1 Å². The third kappa shape index (κ3) is 3.55. The van der Waals surface area contributed by atoms with Gasteiger partial charge in [0.2, 0.25) is 5.91 Å². The molecule has 0 bridgehead atoms. The van der Waals surface area contributed by atoms with E-state index in [9.17, 15) is 9.90 Å². The Kier molecular flexibility index (Phi) is 3.92. The minimum Gasteiger partial charge on any atom is -0.390 e. The highest BCUT2D eigenvalue weighted by Crippen LogP contribution is 2.31. The molecule has 2 rings (SSSR count). The maximum Gasteiger partial charge on any atom is 0.220 e. The summed E-state index contributed by atoms with van der Waals surface area (Å²) in [7, 11) is 0. The van der Waals surface area contributed by atoms with Crippen LogP contribution in [-0.4, -0.2) is 22.7 Å². The Balaban J connectivity index is 1.98. The van der Waals surface area contributed by atoms with Crippen molar-refractivity contribution in [3.63, 3.8) is 0 Å². The Morgan fingerprint density at radius 1 is 1.47 bits per heavy atom. The molecule has 1 aromatic carbocycles. The third-order valence-electron chi connectivity index (χ3n) is 3.52. The molecule has 1 amide bonds. The van der Waals surface area contributed by atoms with Gasteiger partial charge in [0.25, 0.3) is 0 Å². The quantitative estimate of drug-likeness (QED) is 0.765. The number of hydrogen-bond donors (Lipinski definition) is 3. The molecule has 0 fully saturated rings. The van der Waals surface area contributed by atoms with Gasteiger partial charge in [0.1, 0.15) is 0 Å². The second kappa shape index (κ2) is 5.31. The molecular formula is C15H22N2O2. The van der Waals surface area contributed by atoms with Gasteiger partial charge in [-0.15, -0.1) is 0 Å². The average molecular weight is 262 g/mol. The summed E-state index contributed by atoms with van der Waals surface area (Å²) in [4.78, 5) is 11.9. The van der Waals surface area contributed by atoms with Crippen LogP contribution in [0.3, 0.4) is 0 Å². The summed E-state index contributed by atoms with van der Waals surface area (Å²) in [5, 5.41) is 13.0. The lowest BCUT2D eigenvalue weighted by atomic mass is 9.99. The molecule has 0 saturated carbocycles. The van der Waals surface area contributed by atoms with Crippen LogP contribution in [0.15, 0.2) is 24.3 Å². The van der Waals surface area contributed by atoms with Crippen LogP contribution in [0.5, 0.6) is 0 Å². The Labute approximate surface area is 114 Å². The largest absolute Gasteiger partial charge is 0.390 e. The number of carbonyl (C=O) groups is 1. The van der Waals surface area contributed by atoms with E-state index in [0.29, 0.717) is 19.3 Å². The van der Waals surface area contributed by atoms with E-state index in [1.54, 1.807) is 0 Å². The van der Waals surface area contributed by atoms with Crippen LogP contribution in [0, 0.1) is 0 Å². The summed E-state index contributed by atoms with van der Waals surface area (Å²) >= 11 is 0. The van der Waals surface area contributed by atoms with Gasteiger partial charge in [0, 0.05) is 18.4 Å². The van der Waals surface area contributed by atoms with Gasteiger partial charge in [-0.2, -0.15) is 0 Å². The Morgan fingerprint density at radius 3 is 2.84 bits per heavy atom. The van der Waals surface area contributed by atoms with Gasteiger partial charge in [-0.3, -0.25) is 4.79 Å². The number of nitrogens with two attached hydrogens (primary N) is 1. The van der Waals surface area contributed by atoms with Gasteiger partial charge in [-0.05, 0) is 31.4 Å². The summed E-state index contributed by atoms with van der Waals surface area (Å²) in [5.74, 6) is -0.0562. The van der Waals surface area contributed by atoms with Crippen molar-refractivity contribution >= 4 is 5.91 Å². The number of aliphatic hydroxyl groups excluding tert-OH is 1. The second-order valence-electron chi connectivity index (χ2n) is 6.00. The molecule has 0 spiro atoms. The lowest BCUT2D eigenvalue weighted by Gasteiger charge is -2.21. The molecule has 1 aromatic rings. The van der Waals surface area contributed by atoms with Crippen molar-refractivity contribution in [1.29, 1.82) is 0 Å². The predicted octanol–water partition coefficient (Wildman–Crippen LogP) is 1.28. The van der Waals surface area contributed by atoms with Gasteiger partial charge in [-0.25, -0.2) is 0 Å². The second-order valence-corrected chi connectivity index (χ2v) is 6.00. The fourth-order valence-electron chi connectivity index (χ4n) is 2.43. The molecule has 0 radical (unpaired) electrons. The van der Waals surface area contributed by atoms with Crippen LogP contribution < -0.4 is 11.1 Å². The molecule has 4 heteroatoms. The monoisotopic (exact) mass is 262 g/mol. The molecule has 1 aliphatic carbocycles. The highest BCUT2D eigenvalue weighted by molar-refractivity contribution is 5.76. The molecule has 0 aromatic heterocycles. The van der Waals surface area contributed by atoms with Crippen molar-refractivity contribution in [2.24, 2.45) is 5.73 Å². The molecule has 1 aliphatic rings. The minimum atomic E-state index is -0.535. The van der Waals surface area contributed by atoms with Gasteiger partial charge in [0.15, 0.2) is 0 Å². The van der Waals surface area contributed by atoms with Crippen molar-refractivity contribution in [3.05, 3.63) is 35.4 Å². The summed E-state index contributed by atoms with van der Waals surface area (Å²) in [6.45, 7) is 3.81. The summed E-state index contributed by atoms with van der Waals surface area (Å²) in [6.07, 6.45) is 1.08. The Hall–Kier alpha value is -1.39. The number of rotatable bonds is 4. The number of fused-ring (bicyclic) bond motifs is 1. The highest BCUT2D eigenvalue weighted by atomic mass is 16.3. The number of nitrogens with one attached hydrogen (secondary N) is 1. The van der Waals surface area contributed by atoms with E-state index in [1.807, 2.05) is 38.1 Å². The smallest absolute Gasteiger partial charge is 0.220 e. The van der Waals surface area contributed by atoms with E-state index >= 15 is 0 Å². The lowest BCUT2D eigenvalue weighted by molar-refractivity contribution is -0.122. The standard InChI is InChI=1S/C15H22N2O2/c1-15(2,16)8-7-13(19)17-14-11-6-4-3-5-10(11)9-12(14)18/h3-6,12,14,18H,7-9,16H2,1-2H3,(H,17,19)/t12-,14+/m0/s1. The molecule has 4 N–H and O–H groups in total. The van der Waals surface area contributed by atoms with Gasteiger partial charge < -0.3 is 16.2 Å². The van der Waals surface area contributed by atoms with Crippen LogP contribution in [0.4, 0.5) is 0 Å². The molecule has 2 atom stereocenters. The zero-order valence-corrected chi connectivity index (χ0v) is 11.5. The molecule has 0 unspecified atom stereocenters. The van der Waals surface area contributed by atoms with E-state index in [2.05, 4.69) is 5.32 Å². The minimum absolute atomic E-state index is 0.0562. The van der Waals surface area contributed by atoms with E-state index in [1.165, 1.54) is 0 Å². The Bertz CT molecular complexity index is 465. The van der Waals surface area contributed by atoms with E-state index in [-0.39, 0.29) is 17.5 Å². The predicted molar refractivity (Wildman–Crippen MR) is 74.5 cm³/mol. The first-order valence-electron chi connectivity index (χ1n) is 6.71. The lowest BCUT2D eigenvalue weighted by Crippen LogP contribution is -2.37. The van der Waals surface area contributed by atoms with Crippen molar-refractivity contribution in [3.8, 4) is 0 Å². The molecule has 0 aliphatic heterocycles. The average Bonchev–Trinajstić information content (AvgIpc) is 2.63. The molecule has 104 valence electrons. The first-order chi connectivity index (χ1) is 8.87. The molecular weight excluding hydrogens is 240 g/mol. The van der Waals surface area contributed by atoms with Crippen LogP contribution in [-0.2, 0) is 11.2 Å². The fourth-order valence-corrected chi connectivity index (χ4v) is 2.43. The number of amides is 1. The number of aliphatic hydroxyl groups is 1. The van der Waals surface area contributed by atoms with Crippen molar-refractivity contribution in [2.45, 2.75) is 50.8 Å². The SMILES string of the molecule is CC(C)(N)CCC(=O)N[C@@H]1c2ccccc2C[C@@H]1O. The Morgan fingerprint density at radius 2 is 2.16 bits per heavy atom. The van der Waals surface area contributed by atoms with Gasteiger partial charge in [0.05, 0.1) is 12.1 Å². The maximum absolute atomic E-state index is 11.9. The third-order valence-corrected chi connectivity index (χ3v) is 3.52. The molecule has 4 nitrogen and oxygen atoms in total. The van der Waals surface area contributed by atoms with E-state index < -0.39 is 6.10 Å². The van der Waals surface area contributed by atoms with Crippen LogP contribution >= 0.6 is 0 Å². The number of hydrogen-bond acceptors (Lipinski definition) is 3. The van der Waals surface area contributed by atoms with Crippen molar-refractivity contribution in [2.75, 3.05) is 0 Å². The zero-order chi connectivity index (χ0) is 14.0. The zero-order valence-electron chi connectivity index (χ0n) is 11.5. The van der Waals surface area contributed by atoms with Crippen LogP contribution in [0.2, 0.25) is 0 Å². The normalized spacial score (nSPS) is 22.1. The number of benzene rings is 1. The van der Waals surface area contributed by atoms with Gasteiger partial charge in [-0.1, -0.05) is 24.3 Å². The molecule has 0 heterocycles. The molecule has 0 saturated heterocycles. The van der Waals surface area contributed by atoms with E-state index in [4.69, 9.17) is 5.73 Å². The van der Waals surface area contributed by atoms with Crippen LogP contribution in [0.25, 0.3) is 0 Å². The number of carbonyl (C=O) groups excluding carboxylic acids is 1. The van der Waals surface area contributed by atoms with Crippen molar-refractivity contribution < 1.29 is 9.90 Å². The van der Waals surface area contributed by atoms with Crippen molar-refractivity contribution in [1.82, 2.24) is 5.32 Å². The molecule has 19 heavy (non-hydrogen) atoms. The summed E-state index contributed by atoms with van der Waals surface area (Å²) < 4.78 is 0. The highest BCUT2D eigenvalue weighted by Gasteiger charge is 2.31. The summed E-state index contributed by atoms with van der Waals surface area (Å²) in [6, 6.07) is 7.55. The fraction of sp³-hybridized carbons (Fsp3) is 0.533.